The maximum Gasteiger partial charge on any atom is 0.364 e. The van der Waals surface area contributed by atoms with Gasteiger partial charge in [-0.15, -0.1) is 0 Å². The molecule has 13 N–H and O–H groups in total. The van der Waals surface area contributed by atoms with Crippen LogP contribution in [-0.2, 0) is 19.1 Å². The molecule has 1 saturated heterocycles. The Bertz CT molecular complexity index is 664. The molecule has 1 aliphatic heterocycles. The molecule has 0 aromatic rings. The Hall–Kier alpha value is -1.67. The summed E-state index contributed by atoms with van der Waals surface area (Å²) in [5.41, 5.74) is 3.47. The summed E-state index contributed by atoms with van der Waals surface area (Å²) in [5, 5.41) is 100. The van der Waals surface area contributed by atoms with Gasteiger partial charge in [-0.3, -0.25) is 4.79 Å². The lowest BCUT2D eigenvalue weighted by molar-refractivity contribution is -0.303. The molecule has 16 nitrogen and oxygen atoms in total. The Morgan fingerprint density at radius 1 is 1.06 bits per heavy atom. The Kier molecular flexibility index (Phi) is 12.1. The molecule has 0 aliphatic carbocycles. The van der Waals surface area contributed by atoms with E-state index in [0.29, 0.717) is 0 Å². The van der Waals surface area contributed by atoms with Crippen molar-refractivity contribution in [3.8, 4) is 0 Å². The number of aliphatic carboxylic acids is 1. The number of carboxylic acid groups (broad SMARTS) is 1. The summed E-state index contributed by atoms with van der Waals surface area (Å²) in [6.45, 7) is -0.719. The first kappa shape index (κ1) is 31.3. The molecule has 0 saturated carbocycles. The van der Waals surface area contributed by atoms with E-state index in [1.54, 1.807) is 0 Å². The average molecular weight is 489 g/mol. The zero-order valence-electron chi connectivity index (χ0n) is 17.4. The number of rotatable bonds is 10. The van der Waals surface area contributed by atoms with Crippen LogP contribution < -0.4 is 5.73 Å². The van der Waals surface area contributed by atoms with Crippen LogP contribution in [0.5, 0.6) is 0 Å². The highest BCUT2D eigenvalue weighted by Crippen LogP contribution is 2.36. The quantitative estimate of drug-likeness (QED) is 0.127. The topological polar surface area (TPSA) is 309 Å². The Morgan fingerprint density at radius 2 is 1.55 bits per heavy atom. The molecule has 0 bridgehead atoms. The van der Waals surface area contributed by atoms with Gasteiger partial charge in [-0.05, 0) is 6.92 Å². The number of aldehydes is 1. The van der Waals surface area contributed by atoms with Crippen molar-refractivity contribution in [1.29, 1.82) is 0 Å². The largest absolute Gasteiger partial charge is 0.477 e. The Balaban J connectivity index is 0.000000728. The molecule has 0 aromatic carbocycles. The molecule has 16 heteroatoms. The van der Waals surface area contributed by atoms with E-state index in [2.05, 4.69) is 0 Å². The number of aliphatic hydroxyl groups excluding tert-OH is 9. The number of carbonyl (C=O) groups excluding carboxylic acids is 2. The molecule has 0 spiro atoms. The molecular weight excluding hydrogens is 458 g/mol. The summed E-state index contributed by atoms with van der Waals surface area (Å²) in [6, 6.07) is 0. The fourth-order valence-electron chi connectivity index (χ4n) is 2.83. The van der Waals surface area contributed by atoms with Crippen LogP contribution in [0.15, 0.2) is 0 Å². The third-order valence-electron chi connectivity index (χ3n) is 5.07. The fraction of sp³-hybridized carbons (Fsp3) is 0.824. The van der Waals surface area contributed by atoms with E-state index in [1.807, 2.05) is 0 Å². The van der Waals surface area contributed by atoms with Crippen molar-refractivity contribution >= 4 is 18.0 Å². The Morgan fingerprint density at radius 3 is 1.91 bits per heavy atom. The van der Waals surface area contributed by atoms with Crippen molar-refractivity contribution in [2.75, 3.05) is 13.2 Å². The first-order valence-electron chi connectivity index (χ1n) is 9.42. The molecule has 0 aromatic heterocycles. The van der Waals surface area contributed by atoms with E-state index < -0.39 is 91.5 Å². The molecule has 1 aliphatic rings. The monoisotopic (exact) mass is 489 g/mol. The lowest BCUT2D eigenvalue weighted by Gasteiger charge is -2.49. The van der Waals surface area contributed by atoms with Gasteiger partial charge < -0.3 is 71.4 Å². The first-order chi connectivity index (χ1) is 15.0. The summed E-state index contributed by atoms with van der Waals surface area (Å²) < 4.78 is 4.80. The maximum absolute atomic E-state index is 11.7. The van der Waals surface area contributed by atoms with Gasteiger partial charge in [0.25, 0.3) is 5.79 Å². The van der Waals surface area contributed by atoms with Crippen LogP contribution in [0.1, 0.15) is 13.3 Å². The van der Waals surface area contributed by atoms with E-state index in [0.717, 1.165) is 6.92 Å². The summed E-state index contributed by atoms with van der Waals surface area (Å²) in [4.78, 5) is 32.6. The van der Waals surface area contributed by atoms with Crippen LogP contribution in [0.2, 0.25) is 0 Å². The van der Waals surface area contributed by atoms with Gasteiger partial charge >= 0.3 is 5.97 Å². The zero-order valence-corrected chi connectivity index (χ0v) is 17.4. The predicted molar refractivity (Wildman–Crippen MR) is 102 cm³/mol. The van der Waals surface area contributed by atoms with Crippen LogP contribution >= 0.6 is 0 Å². The summed E-state index contributed by atoms with van der Waals surface area (Å²) >= 11 is 0. The van der Waals surface area contributed by atoms with Gasteiger partial charge in [0.15, 0.2) is 12.1 Å². The molecule has 0 radical (unpaired) electrons. The number of ether oxygens (including phenoxy) is 1. The summed E-state index contributed by atoms with van der Waals surface area (Å²) in [6.07, 6.45) is -15.4. The third kappa shape index (κ3) is 7.15. The van der Waals surface area contributed by atoms with Crippen LogP contribution in [-0.4, -0.2) is 148 Å². The Labute approximate surface area is 186 Å². The van der Waals surface area contributed by atoms with E-state index in [9.17, 15) is 34.8 Å². The second kappa shape index (κ2) is 12.7. The number of ketones is 1. The normalized spacial score (nSPS) is 32.8. The fourth-order valence-corrected chi connectivity index (χ4v) is 2.83. The number of carbonyl (C=O) groups is 3. The van der Waals surface area contributed by atoms with E-state index in [4.69, 9.17) is 46.2 Å². The third-order valence-corrected chi connectivity index (χ3v) is 5.07. The van der Waals surface area contributed by atoms with E-state index in [-0.39, 0.29) is 6.29 Å². The van der Waals surface area contributed by atoms with Crippen molar-refractivity contribution in [3.05, 3.63) is 0 Å². The van der Waals surface area contributed by atoms with Gasteiger partial charge in [0.05, 0.1) is 19.3 Å². The van der Waals surface area contributed by atoms with Crippen LogP contribution in [0.25, 0.3) is 0 Å². The van der Waals surface area contributed by atoms with Crippen LogP contribution in [0.4, 0.5) is 0 Å². The van der Waals surface area contributed by atoms with Gasteiger partial charge in [-0.25, -0.2) is 4.79 Å². The van der Waals surface area contributed by atoms with Gasteiger partial charge in [-0.2, -0.15) is 0 Å². The molecule has 1 fully saturated rings. The standard InChI is InChI=1S/C11H19NO9.C6H12O6/c1-4(14)11(12)6(16)2-10(20,9(18)19)21-8(11)7(17)5(15)3-13;7-1-3(9)5(11)6(12)4(10)2-8/h5-8,13,15-17,20H,2-3,12H2,1H3,(H,18,19);1,3-6,8-12H,2H2/t5-,6+,7-,8+,10?,11-;3-,4+,5+,6-/m10/s1. The minimum Gasteiger partial charge on any atom is -0.477 e. The number of aliphatic hydroxyl groups is 10. The second-order valence-corrected chi connectivity index (χ2v) is 7.44. The number of hydrogen-bond acceptors (Lipinski definition) is 15. The smallest absolute Gasteiger partial charge is 0.364 e. The highest BCUT2D eigenvalue weighted by atomic mass is 16.7. The van der Waals surface area contributed by atoms with Gasteiger partial charge in [0.1, 0.15) is 48.3 Å². The molecule has 1 heterocycles. The van der Waals surface area contributed by atoms with Crippen molar-refractivity contribution < 1.29 is 75.3 Å². The minimum absolute atomic E-state index is 0.0258. The van der Waals surface area contributed by atoms with Gasteiger partial charge in [0, 0.05) is 6.42 Å². The predicted octanol–water partition coefficient (Wildman–Crippen LogP) is -7.47. The number of Topliss-reactive ketones (excluding diaryl/α,β-unsaturated/α-hetero) is 1. The van der Waals surface area contributed by atoms with Crippen LogP contribution in [0, 0.1) is 0 Å². The van der Waals surface area contributed by atoms with Crippen molar-refractivity contribution in [2.24, 2.45) is 5.73 Å². The molecule has 1 unspecified atom stereocenters. The highest BCUT2D eigenvalue weighted by molar-refractivity contribution is 5.88. The SMILES string of the molecule is CC(=O)[C@@]1(N)[C@@H](O)CC(O)(C(=O)O)O[C@H]1[C@H](O)[C@H](O)CO.O=C[C@H](O)[C@@H](O)[C@@H](O)[C@H](O)CO. The summed E-state index contributed by atoms with van der Waals surface area (Å²) in [7, 11) is 0. The molecule has 33 heavy (non-hydrogen) atoms. The molecular formula is C17H31NO15. The first-order valence-corrected chi connectivity index (χ1v) is 9.42. The average Bonchev–Trinajstić information content (AvgIpc) is 2.78. The van der Waals surface area contributed by atoms with E-state index >= 15 is 0 Å². The van der Waals surface area contributed by atoms with Crippen molar-refractivity contribution in [2.45, 2.75) is 73.5 Å². The number of carboxylic acids is 1. The second-order valence-electron chi connectivity index (χ2n) is 7.44. The molecule has 194 valence electrons. The van der Waals surface area contributed by atoms with Crippen LogP contribution in [0.3, 0.4) is 0 Å². The van der Waals surface area contributed by atoms with E-state index in [1.165, 1.54) is 0 Å². The lowest BCUT2D eigenvalue weighted by Crippen LogP contribution is -2.75. The highest BCUT2D eigenvalue weighted by Gasteiger charge is 2.61. The minimum atomic E-state index is -2.89. The summed E-state index contributed by atoms with van der Waals surface area (Å²) in [5.74, 6) is -5.60. The zero-order chi connectivity index (χ0) is 26.3. The lowest BCUT2D eigenvalue weighted by atomic mass is 9.75. The number of hydrogen-bond donors (Lipinski definition) is 12. The molecule has 0 amide bonds. The number of nitrogens with two attached hydrogens (primary N) is 1. The van der Waals surface area contributed by atoms with Crippen molar-refractivity contribution in [3.63, 3.8) is 0 Å². The molecule has 1 rings (SSSR count). The van der Waals surface area contributed by atoms with Crippen molar-refractivity contribution in [1.82, 2.24) is 0 Å². The maximum atomic E-state index is 11.7. The van der Waals surface area contributed by atoms with Gasteiger partial charge in [-0.1, -0.05) is 0 Å². The molecule has 10 atom stereocenters. The van der Waals surface area contributed by atoms with Gasteiger partial charge in [0.2, 0.25) is 0 Å².